The maximum absolute atomic E-state index is 12.5. The van der Waals surface area contributed by atoms with Crippen LogP contribution in [0.15, 0.2) is 22.0 Å². The molecule has 2 atom stereocenters. The quantitative estimate of drug-likeness (QED) is 0.839. The van der Waals surface area contributed by atoms with Gasteiger partial charge in [0.2, 0.25) is 11.8 Å². The third-order valence-corrected chi connectivity index (χ3v) is 5.42. The van der Waals surface area contributed by atoms with Gasteiger partial charge in [0.05, 0.1) is 12.3 Å². The van der Waals surface area contributed by atoms with Crippen molar-refractivity contribution in [3.8, 4) is 0 Å². The second-order valence-electron chi connectivity index (χ2n) is 6.24. The van der Waals surface area contributed by atoms with Gasteiger partial charge in [0, 0.05) is 23.9 Å². The summed E-state index contributed by atoms with van der Waals surface area (Å²) in [4.78, 5) is 20.1. The summed E-state index contributed by atoms with van der Waals surface area (Å²) in [5.41, 5.74) is 0. The van der Waals surface area contributed by atoms with E-state index in [1.807, 2.05) is 22.4 Å². The Morgan fingerprint density at radius 2 is 2.43 bits per heavy atom. The second kappa shape index (κ2) is 7.25. The molecule has 0 radical (unpaired) electrons. The summed E-state index contributed by atoms with van der Waals surface area (Å²) in [6, 6.07) is 4.00. The molecular formula is C17H23N3O2S. The number of nitrogens with zero attached hydrogens (tertiary/aromatic N) is 3. The van der Waals surface area contributed by atoms with Crippen molar-refractivity contribution < 1.29 is 9.32 Å². The second-order valence-corrected chi connectivity index (χ2v) is 7.27. The Bertz CT molecular complexity index is 638. The number of aromatic nitrogens is 2. The summed E-state index contributed by atoms with van der Waals surface area (Å²) in [6.45, 7) is 5.73. The number of amides is 1. The molecule has 2 aromatic rings. The minimum atomic E-state index is 0.168. The van der Waals surface area contributed by atoms with Gasteiger partial charge in [-0.05, 0) is 30.7 Å². The van der Waals surface area contributed by atoms with Crippen LogP contribution in [0.3, 0.4) is 0 Å². The van der Waals surface area contributed by atoms with Crippen LogP contribution in [0, 0.1) is 0 Å². The third-order valence-electron chi connectivity index (χ3n) is 4.54. The zero-order valence-electron chi connectivity index (χ0n) is 13.7. The molecule has 1 saturated heterocycles. The highest BCUT2D eigenvalue weighted by Gasteiger charge is 2.29. The number of rotatable bonds is 5. The van der Waals surface area contributed by atoms with Gasteiger partial charge in [0.1, 0.15) is 0 Å². The minimum Gasteiger partial charge on any atom is -0.342 e. The summed E-state index contributed by atoms with van der Waals surface area (Å²) in [6.07, 6.45) is 3.48. The highest BCUT2D eigenvalue weighted by atomic mass is 32.1. The molecule has 0 aromatic carbocycles. The van der Waals surface area contributed by atoms with Gasteiger partial charge in [-0.1, -0.05) is 25.1 Å². The standard InChI is InChI=1S/C17H23N3O2S/c1-3-12(2)16-18-17(22-19-16)13-6-4-8-20(11-13)15(21)10-14-7-5-9-23-14/h5,7,9,12-13H,3-4,6,8,10-11H2,1-2H3/t12-,13-/m1/s1. The third kappa shape index (κ3) is 3.80. The summed E-state index contributed by atoms with van der Waals surface area (Å²) in [5, 5.41) is 6.12. The molecule has 23 heavy (non-hydrogen) atoms. The fourth-order valence-corrected chi connectivity index (χ4v) is 3.57. The van der Waals surface area contributed by atoms with Crippen LogP contribution in [0.4, 0.5) is 0 Å². The normalized spacial score (nSPS) is 19.7. The Morgan fingerprint density at radius 3 is 3.17 bits per heavy atom. The maximum Gasteiger partial charge on any atom is 0.231 e. The number of hydrogen-bond acceptors (Lipinski definition) is 5. The van der Waals surface area contributed by atoms with Crippen molar-refractivity contribution in [3.63, 3.8) is 0 Å². The lowest BCUT2D eigenvalue weighted by atomic mass is 9.97. The topological polar surface area (TPSA) is 59.2 Å². The van der Waals surface area contributed by atoms with E-state index >= 15 is 0 Å². The van der Waals surface area contributed by atoms with Crippen molar-refractivity contribution in [3.05, 3.63) is 34.1 Å². The monoisotopic (exact) mass is 333 g/mol. The molecule has 1 amide bonds. The Morgan fingerprint density at radius 1 is 1.57 bits per heavy atom. The summed E-state index contributed by atoms with van der Waals surface area (Å²) < 4.78 is 5.46. The van der Waals surface area contributed by atoms with Crippen molar-refractivity contribution in [1.29, 1.82) is 0 Å². The molecule has 0 N–H and O–H groups in total. The van der Waals surface area contributed by atoms with Crippen LogP contribution in [0.2, 0.25) is 0 Å². The lowest BCUT2D eigenvalue weighted by molar-refractivity contribution is -0.131. The fraction of sp³-hybridized carbons (Fsp3) is 0.588. The smallest absolute Gasteiger partial charge is 0.231 e. The zero-order chi connectivity index (χ0) is 16.2. The van der Waals surface area contributed by atoms with E-state index in [9.17, 15) is 4.79 Å². The van der Waals surface area contributed by atoms with Gasteiger partial charge in [-0.25, -0.2) is 0 Å². The van der Waals surface area contributed by atoms with E-state index in [2.05, 4.69) is 24.0 Å². The van der Waals surface area contributed by atoms with Gasteiger partial charge in [-0.3, -0.25) is 4.79 Å². The molecule has 1 fully saturated rings. The minimum absolute atomic E-state index is 0.168. The average Bonchev–Trinajstić information content (AvgIpc) is 3.26. The molecule has 1 aliphatic rings. The van der Waals surface area contributed by atoms with Crippen LogP contribution in [0.1, 0.15) is 61.5 Å². The van der Waals surface area contributed by atoms with E-state index in [4.69, 9.17) is 4.52 Å². The molecule has 0 saturated carbocycles. The highest BCUT2D eigenvalue weighted by molar-refractivity contribution is 7.10. The molecule has 2 aromatic heterocycles. The Labute approximate surface area is 140 Å². The van der Waals surface area contributed by atoms with E-state index in [0.29, 0.717) is 24.8 Å². The van der Waals surface area contributed by atoms with Gasteiger partial charge in [0.25, 0.3) is 0 Å². The molecule has 6 heteroatoms. The summed E-state index contributed by atoms with van der Waals surface area (Å²) >= 11 is 1.63. The van der Waals surface area contributed by atoms with Gasteiger partial charge < -0.3 is 9.42 Å². The highest BCUT2D eigenvalue weighted by Crippen LogP contribution is 2.27. The number of piperidine rings is 1. The molecule has 3 heterocycles. The predicted octanol–water partition coefficient (Wildman–Crippen LogP) is 3.59. The van der Waals surface area contributed by atoms with Crippen molar-refractivity contribution in [2.24, 2.45) is 0 Å². The molecule has 3 rings (SSSR count). The number of likely N-dealkylation sites (tertiary alicyclic amines) is 1. The van der Waals surface area contributed by atoms with Crippen LogP contribution < -0.4 is 0 Å². The molecule has 124 valence electrons. The number of carbonyl (C=O) groups is 1. The van der Waals surface area contributed by atoms with Crippen molar-refractivity contribution >= 4 is 17.2 Å². The zero-order valence-corrected chi connectivity index (χ0v) is 14.5. The van der Waals surface area contributed by atoms with E-state index in [1.165, 1.54) is 0 Å². The molecule has 0 unspecified atom stereocenters. The van der Waals surface area contributed by atoms with Gasteiger partial charge in [0.15, 0.2) is 5.82 Å². The summed E-state index contributed by atoms with van der Waals surface area (Å²) in [5.74, 6) is 2.14. The van der Waals surface area contributed by atoms with Crippen LogP contribution in [-0.2, 0) is 11.2 Å². The first kappa shape index (κ1) is 16.2. The lowest BCUT2D eigenvalue weighted by Gasteiger charge is -2.31. The van der Waals surface area contributed by atoms with E-state index in [-0.39, 0.29) is 11.8 Å². The average molecular weight is 333 g/mol. The Kier molecular flexibility index (Phi) is 5.10. The lowest BCUT2D eigenvalue weighted by Crippen LogP contribution is -2.39. The molecule has 5 nitrogen and oxygen atoms in total. The molecular weight excluding hydrogens is 310 g/mol. The van der Waals surface area contributed by atoms with Crippen LogP contribution >= 0.6 is 11.3 Å². The van der Waals surface area contributed by atoms with E-state index in [0.717, 1.165) is 36.5 Å². The molecule has 0 spiro atoms. The van der Waals surface area contributed by atoms with E-state index in [1.54, 1.807) is 11.3 Å². The summed E-state index contributed by atoms with van der Waals surface area (Å²) in [7, 11) is 0. The molecule has 1 aliphatic heterocycles. The number of carbonyl (C=O) groups excluding carboxylic acids is 1. The maximum atomic E-state index is 12.5. The molecule has 0 aliphatic carbocycles. The van der Waals surface area contributed by atoms with Crippen LogP contribution in [-0.4, -0.2) is 34.0 Å². The SMILES string of the molecule is CC[C@@H](C)c1noc([C@@H]2CCCN(C(=O)Cc3cccs3)C2)n1. The molecule has 0 bridgehead atoms. The first-order chi connectivity index (χ1) is 11.2. The predicted molar refractivity (Wildman–Crippen MR) is 89.6 cm³/mol. The largest absolute Gasteiger partial charge is 0.342 e. The first-order valence-electron chi connectivity index (χ1n) is 8.31. The van der Waals surface area contributed by atoms with Crippen molar-refractivity contribution in [2.45, 2.75) is 51.4 Å². The van der Waals surface area contributed by atoms with Crippen molar-refractivity contribution in [1.82, 2.24) is 15.0 Å². The number of thiophene rings is 1. The van der Waals surface area contributed by atoms with E-state index < -0.39 is 0 Å². The Hall–Kier alpha value is -1.69. The Balaban J connectivity index is 1.63. The van der Waals surface area contributed by atoms with Gasteiger partial charge in [-0.2, -0.15) is 4.98 Å². The van der Waals surface area contributed by atoms with Gasteiger partial charge in [-0.15, -0.1) is 11.3 Å². The fourth-order valence-electron chi connectivity index (χ4n) is 2.88. The first-order valence-corrected chi connectivity index (χ1v) is 9.19. The van der Waals surface area contributed by atoms with Crippen LogP contribution in [0.5, 0.6) is 0 Å². The van der Waals surface area contributed by atoms with Crippen LogP contribution in [0.25, 0.3) is 0 Å². The van der Waals surface area contributed by atoms with Crippen molar-refractivity contribution in [2.75, 3.05) is 13.1 Å². The number of hydrogen-bond donors (Lipinski definition) is 0. The van der Waals surface area contributed by atoms with Gasteiger partial charge >= 0.3 is 0 Å².